The first kappa shape index (κ1) is 11.2. The summed E-state index contributed by atoms with van der Waals surface area (Å²) in [5, 5.41) is 3.98. The van der Waals surface area contributed by atoms with Gasteiger partial charge in [-0.1, -0.05) is 5.16 Å². The molecule has 2 fully saturated rings. The summed E-state index contributed by atoms with van der Waals surface area (Å²) in [4.78, 5) is 4.47. The molecule has 1 atom stereocenters. The summed E-state index contributed by atoms with van der Waals surface area (Å²) in [6.07, 6.45) is 5.23. The van der Waals surface area contributed by atoms with Crippen LogP contribution < -0.4 is 5.73 Å². The van der Waals surface area contributed by atoms with Crippen molar-refractivity contribution in [3.8, 4) is 0 Å². The molecule has 1 unspecified atom stereocenters. The minimum absolute atomic E-state index is 0.281. The van der Waals surface area contributed by atoms with Crippen LogP contribution in [0.25, 0.3) is 0 Å². The van der Waals surface area contributed by atoms with Gasteiger partial charge in [0.25, 0.3) is 0 Å². The molecular weight excluding hydrogens is 218 g/mol. The molecule has 1 aromatic heterocycles. The van der Waals surface area contributed by atoms with E-state index in [9.17, 15) is 0 Å². The number of hydrogen-bond acceptors (Lipinski definition) is 5. The zero-order valence-electron chi connectivity index (χ0n) is 10.1. The van der Waals surface area contributed by atoms with Crippen molar-refractivity contribution in [2.75, 3.05) is 13.7 Å². The largest absolute Gasteiger partial charge is 0.383 e. The lowest BCUT2D eigenvalue weighted by Gasteiger charge is -2.09. The number of aromatic nitrogens is 2. The molecule has 94 valence electrons. The molecule has 0 aromatic carbocycles. The van der Waals surface area contributed by atoms with E-state index in [0.717, 1.165) is 17.7 Å². The van der Waals surface area contributed by atoms with Crippen molar-refractivity contribution in [3.05, 3.63) is 11.7 Å². The van der Waals surface area contributed by atoms with Crippen molar-refractivity contribution in [1.29, 1.82) is 0 Å². The van der Waals surface area contributed by atoms with E-state index in [4.69, 9.17) is 15.0 Å². The summed E-state index contributed by atoms with van der Waals surface area (Å²) >= 11 is 0. The normalized spacial score (nSPS) is 22.1. The van der Waals surface area contributed by atoms with Gasteiger partial charge in [-0.25, -0.2) is 0 Å². The first-order valence-electron chi connectivity index (χ1n) is 6.37. The van der Waals surface area contributed by atoms with Gasteiger partial charge in [0.15, 0.2) is 5.82 Å². The van der Waals surface area contributed by atoms with Gasteiger partial charge in [-0.05, 0) is 37.5 Å². The summed E-state index contributed by atoms with van der Waals surface area (Å²) in [5.41, 5.74) is 5.89. The maximum Gasteiger partial charge on any atom is 0.230 e. The Morgan fingerprint density at radius 2 is 2.00 bits per heavy atom. The molecule has 5 nitrogen and oxygen atoms in total. The highest BCUT2D eigenvalue weighted by atomic mass is 16.5. The molecule has 2 saturated carbocycles. The predicted octanol–water partition coefficient (Wildman–Crippen LogP) is 1.62. The Balaban J connectivity index is 1.73. The van der Waals surface area contributed by atoms with Crippen LogP contribution in [0.4, 0.5) is 0 Å². The van der Waals surface area contributed by atoms with E-state index in [1.54, 1.807) is 7.11 Å². The molecular formula is C12H19N3O2. The van der Waals surface area contributed by atoms with E-state index in [2.05, 4.69) is 10.1 Å². The van der Waals surface area contributed by atoms with Gasteiger partial charge in [0, 0.05) is 13.0 Å². The van der Waals surface area contributed by atoms with Crippen molar-refractivity contribution in [1.82, 2.24) is 10.1 Å². The fourth-order valence-electron chi connectivity index (χ4n) is 2.49. The SMILES string of the molecule is COCC(N)c1noc(C(C2CC2)C2CC2)n1. The number of ether oxygens (including phenoxy) is 1. The van der Waals surface area contributed by atoms with Gasteiger partial charge in [0.2, 0.25) is 5.89 Å². The lowest BCUT2D eigenvalue weighted by Crippen LogP contribution is -2.17. The third-order valence-corrected chi connectivity index (χ3v) is 3.68. The molecule has 0 bridgehead atoms. The minimum Gasteiger partial charge on any atom is -0.383 e. The first-order valence-corrected chi connectivity index (χ1v) is 6.37. The molecule has 2 aliphatic rings. The molecule has 2 N–H and O–H groups in total. The predicted molar refractivity (Wildman–Crippen MR) is 61.3 cm³/mol. The number of nitrogens with two attached hydrogens (primary N) is 1. The van der Waals surface area contributed by atoms with Crippen molar-refractivity contribution in [2.45, 2.75) is 37.6 Å². The van der Waals surface area contributed by atoms with Crippen molar-refractivity contribution in [3.63, 3.8) is 0 Å². The molecule has 0 saturated heterocycles. The average Bonchev–Trinajstić information content (AvgIpc) is 3.21. The lowest BCUT2D eigenvalue weighted by atomic mass is 9.98. The molecule has 0 radical (unpaired) electrons. The second kappa shape index (κ2) is 4.38. The van der Waals surface area contributed by atoms with Crippen molar-refractivity contribution in [2.24, 2.45) is 17.6 Å². The van der Waals surface area contributed by atoms with Gasteiger partial charge in [0.05, 0.1) is 12.6 Å². The Labute approximate surface area is 101 Å². The topological polar surface area (TPSA) is 74.2 Å². The van der Waals surface area contributed by atoms with Crippen LogP contribution in [0.1, 0.15) is 49.4 Å². The first-order chi connectivity index (χ1) is 8.29. The number of rotatable bonds is 6. The third-order valence-electron chi connectivity index (χ3n) is 3.68. The van der Waals surface area contributed by atoms with E-state index in [1.807, 2.05) is 0 Å². The van der Waals surface area contributed by atoms with E-state index in [1.165, 1.54) is 25.7 Å². The Morgan fingerprint density at radius 3 is 2.53 bits per heavy atom. The molecule has 3 rings (SSSR count). The molecule has 1 aromatic rings. The fourth-order valence-corrected chi connectivity index (χ4v) is 2.49. The molecule has 0 aliphatic heterocycles. The number of methoxy groups -OCH3 is 1. The Kier molecular flexibility index (Phi) is 2.88. The summed E-state index contributed by atoms with van der Waals surface area (Å²) in [6.45, 7) is 0.427. The molecule has 2 aliphatic carbocycles. The molecule has 17 heavy (non-hydrogen) atoms. The highest BCUT2D eigenvalue weighted by Gasteiger charge is 2.45. The second-order valence-electron chi connectivity index (χ2n) is 5.25. The summed E-state index contributed by atoms with van der Waals surface area (Å²) < 4.78 is 10.4. The summed E-state index contributed by atoms with van der Waals surface area (Å²) in [7, 11) is 1.62. The smallest absolute Gasteiger partial charge is 0.230 e. The zero-order chi connectivity index (χ0) is 11.8. The van der Waals surface area contributed by atoms with Crippen LogP contribution in [0, 0.1) is 11.8 Å². The van der Waals surface area contributed by atoms with Crippen LogP contribution in [0.15, 0.2) is 4.52 Å². The number of nitrogens with zero attached hydrogens (tertiary/aromatic N) is 2. The Morgan fingerprint density at radius 1 is 1.35 bits per heavy atom. The van der Waals surface area contributed by atoms with Gasteiger partial charge < -0.3 is 15.0 Å². The summed E-state index contributed by atoms with van der Waals surface area (Å²) in [6, 6.07) is -0.281. The highest BCUT2D eigenvalue weighted by molar-refractivity contribution is 5.08. The quantitative estimate of drug-likeness (QED) is 0.813. The molecule has 1 heterocycles. The van der Waals surface area contributed by atoms with E-state index in [0.29, 0.717) is 18.3 Å². The Bertz CT molecular complexity index is 373. The van der Waals surface area contributed by atoms with Gasteiger partial charge in [-0.3, -0.25) is 0 Å². The van der Waals surface area contributed by atoms with Gasteiger partial charge in [0.1, 0.15) is 0 Å². The fraction of sp³-hybridized carbons (Fsp3) is 0.833. The standard InChI is InChI=1S/C12H19N3O2/c1-16-6-9(13)11-14-12(17-15-11)10(7-2-3-7)8-4-5-8/h7-10H,2-6,13H2,1H3. The van der Waals surface area contributed by atoms with Gasteiger partial charge >= 0.3 is 0 Å². The van der Waals surface area contributed by atoms with Crippen LogP contribution in [0.3, 0.4) is 0 Å². The third kappa shape index (κ3) is 2.35. The summed E-state index contributed by atoms with van der Waals surface area (Å²) in [5.74, 6) is 3.42. The maximum absolute atomic E-state index is 5.89. The Hall–Kier alpha value is -0.940. The van der Waals surface area contributed by atoms with Gasteiger partial charge in [-0.15, -0.1) is 0 Å². The van der Waals surface area contributed by atoms with E-state index < -0.39 is 0 Å². The monoisotopic (exact) mass is 237 g/mol. The van der Waals surface area contributed by atoms with E-state index >= 15 is 0 Å². The maximum atomic E-state index is 5.89. The van der Waals surface area contributed by atoms with Gasteiger partial charge in [-0.2, -0.15) is 4.98 Å². The molecule has 0 spiro atoms. The van der Waals surface area contributed by atoms with Crippen LogP contribution >= 0.6 is 0 Å². The van der Waals surface area contributed by atoms with E-state index in [-0.39, 0.29) is 6.04 Å². The van der Waals surface area contributed by atoms with Crippen LogP contribution in [0.2, 0.25) is 0 Å². The van der Waals surface area contributed by atoms with Crippen LogP contribution in [-0.4, -0.2) is 23.9 Å². The molecule has 5 heteroatoms. The highest BCUT2D eigenvalue weighted by Crippen LogP contribution is 2.54. The minimum atomic E-state index is -0.281. The lowest BCUT2D eigenvalue weighted by molar-refractivity contribution is 0.177. The second-order valence-corrected chi connectivity index (χ2v) is 5.25. The van der Waals surface area contributed by atoms with Crippen molar-refractivity contribution < 1.29 is 9.26 Å². The zero-order valence-corrected chi connectivity index (χ0v) is 10.1. The van der Waals surface area contributed by atoms with Crippen molar-refractivity contribution >= 4 is 0 Å². The van der Waals surface area contributed by atoms with Crippen LogP contribution in [0.5, 0.6) is 0 Å². The molecule has 0 amide bonds. The average molecular weight is 237 g/mol. The number of hydrogen-bond donors (Lipinski definition) is 1. The van der Waals surface area contributed by atoms with Crippen LogP contribution in [-0.2, 0) is 4.74 Å².